The third-order valence-electron chi connectivity index (χ3n) is 4.36. The van der Waals surface area contributed by atoms with Gasteiger partial charge in [0.2, 0.25) is 0 Å². The van der Waals surface area contributed by atoms with Crippen molar-refractivity contribution < 1.29 is 9.59 Å². The van der Waals surface area contributed by atoms with Crippen LogP contribution in [0.3, 0.4) is 0 Å². The average Bonchev–Trinajstić information content (AvgIpc) is 3.17. The first-order chi connectivity index (χ1) is 12.1. The molecule has 1 aromatic heterocycles. The molecule has 5 N–H and O–H groups in total. The largest absolute Gasteiger partial charge is 0.398 e. The van der Waals surface area contributed by atoms with Crippen molar-refractivity contribution in [2.24, 2.45) is 0 Å². The fourth-order valence-electron chi connectivity index (χ4n) is 3.06. The van der Waals surface area contributed by atoms with E-state index in [1.807, 2.05) is 0 Å². The molecule has 2 amide bonds. The minimum Gasteiger partial charge on any atom is -0.398 e. The van der Waals surface area contributed by atoms with Gasteiger partial charge in [-0.2, -0.15) is 5.10 Å². The maximum atomic E-state index is 12.6. The van der Waals surface area contributed by atoms with Crippen molar-refractivity contribution in [3.63, 3.8) is 0 Å². The van der Waals surface area contributed by atoms with E-state index in [4.69, 9.17) is 11.1 Å². The molecule has 2 heterocycles. The Morgan fingerprint density at radius 3 is 2.96 bits per heavy atom. The van der Waals surface area contributed by atoms with Crippen LogP contribution in [0.15, 0.2) is 30.6 Å². The molecule has 1 unspecified atom stereocenters. The first-order valence-corrected chi connectivity index (χ1v) is 8.11. The van der Waals surface area contributed by atoms with Gasteiger partial charge < -0.3 is 21.4 Å². The Kier molecular flexibility index (Phi) is 4.78. The van der Waals surface area contributed by atoms with E-state index in [0.29, 0.717) is 23.5 Å². The summed E-state index contributed by atoms with van der Waals surface area (Å²) in [7, 11) is 0. The highest BCUT2D eigenvalue weighted by Crippen LogP contribution is 2.30. The number of carbonyl (C=O) groups is 2. The average molecular weight is 340 g/mol. The summed E-state index contributed by atoms with van der Waals surface area (Å²) in [6.07, 6.45) is 7.22. The lowest BCUT2D eigenvalue weighted by atomic mass is 9.97. The maximum absolute atomic E-state index is 12.6. The molecule has 25 heavy (non-hydrogen) atoms. The molecule has 0 bridgehead atoms. The van der Waals surface area contributed by atoms with Crippen molar-refractivity contribution in [2.45, 2.75) is 25.3 Å². The first-order valence-electron chi connectivity index (χ1n) is 8.11. The molecule has 1 fully saturated rings. The van der Waals surface area contributed by atoms with Gasteiger partial charge in [0.15, 0.2) is 0 Å². The fourth-order valence-corrected chi connectivity index (χ4v) is 3.06. The molecule has 1 atom stereocenters. The zero-order chi connectivity index (χ0) is 17.8. The Morgan fingerprint density at radius 2 is 2.24 bits per heavy atom. The SMILES string of the molecule is N=Cc1cc(NC(=O)C(=O)N2CCCCC2c2cn[nH]c2)ccc1N. The summed E-state index contributed by atoms with van der Waals surface area (Å²) >= 11 is 0. The van der Waals surface area contributed by atoms with Gasteiger partial charge in [0.25, 0.3) is 0 Å². The topological polar surface area (TPSA) is 128 Å². The first kappa shape index (κ1) is 16.7. The van der Waals surface area contributed by atoms with Crippen molar-refractivity contribution in [1.82, 2.24) is 15.1 Å². The highest BCUT2D eigenvalue weighted by Gasteiger charge is 2.32. The van der Waals surface area contributed by atoms with Crippen molar-refractivity contribution >= 4 is 29.4 Å². The summed E-state index contributed by atoms with van der Waals surface area (Å²) in [5.74, 6) is -1.27. The standard InChI is InChI=1S/C17H20N6O2/c18-8-11-7-13(4-5-14(11)19)22-16(24)17(25)23-6-2-1-3-15(23)12-9-20-21-10-12/h4-5,7-10,15,18H,1-3,6,19H2,(H,20,21)(H,22,24). The number of piperidine rings is 1. The number of nitrogen functional groups attached to an aromatic ring is 1. The molecule has 1 aliphatic rings. The van der Waals surface area contributed by atoms with Gasteiger partial charge in [-0.05, 0) is 37.5 Å². The van der Waals surface area contributed by atoms with E-state index < -0.39 is 11.8 Å². The van der Waals surface area contributed by atoms with Gasteiger partial charge in [-0.1, -0.05) is 0 Å². The number of nitrogens with zero attached hydrogens (tertiary/aromatic N) is 2. The Morgan fingerprint density at radius 1 is 1.40 bits per heavy atom. The monoisotopic (exact) mass is 340 g/mol. The zero-order valence-electron chi connectivity index (χ0n) is 13.7. The molecule has 2 aromatic rings. The molecule has 130 valence electrons. The zero-order valence-corrected chi connectivity index (χ0v) is 13.7. The van der Waals surface area contributed by atoms with E-state index in [-0.39, 0.29) is 6.04 Å². The van der Waals surface area contributed by atoms with Gasteiger partial charge in [-0.3, -0.25) is 14.7 Å². The predicted molar refractivity (Wildman–Crippen MR) is 94.3 cm³/mol. The van der Waals surface area contributed by atoms with E-state index in [0.717, 1.165) is 31.0 Å². The summed E-state index contributed by atoms with van der Waals surface area (Å²) in [6, 6.07) is 4.62. The van der Waals surface area contributed by atoms with Crippen molar-refractivity contribution in [3.8, 4) is 0 Å². The Labute approximate surface area is 144 Å². The normalized spacial score (nSPS) is 17.1. The van der Waals surface area contributed by atoms with Crippen LogP contribution in [0.4, 0.5) is 11.4 Å². The highest BCUT2D eigenvalue weighted by molar-refractivity contribution is 6.39. The third-order valence-corrected chi connectivity index (χ3v) is 4.36. The number of anilines is 2. The van der Waals surface area contributed by atoms with Gasteiger partial charge in [0, 0.05) is 41.5 Å². The second kappa shape index (κ2) is 7.16. The van der Waals surface area contributed by atoms with Crippen molar-refractivity contribution in [2.75, 3.05) is 17.6 Å². The molecule has 1 saturated heterocycles. The second-order valence-electron chi connectivity index (χ2n) is 5.98. The number of H-pyrrole nitrogens is 1. The van der Waals surface area contributed by atoms with E-state index in [9.17, 15) is 9.59 Å². The quantitative estimate of drug-likeness (QED) is 0.385. The molecule has 1 aromatic carbocycles. The molecule has 0 saturated carbocycles. The van der Waals surface area contributed by atoms with Crippen molar-refractivity contribution in [3.05, 3.63) is 41.7 Å². The lowest BCUT2D eigenvalue weighted by Gasteiger charge is -2.34. The molecule has 8 nitrogen and oxygen atoms in total. The number of aromatic nitrogens is 2. The summed E-state index contributed by atoms with van der Waals surface area (Å²) < 4.78 is 0. The minimum atomic E-state index is -0.698. The van der Waals surface area contributed by atoms with Crippen LogP contribution in [-0.2, 0) is 9.59 Å². The van der Waals surface area contributed by atoms with E-state index >= 15 is 0 Å². The van der Waals surface area contributed by atoms with E-state index in [1.165, 1.54) is 0 Å². The number of amides is 2. The molecular formula is C17H20N6O2. The smallest absolute Gasteiger partial charge is 0.313 e. The van der Waals surface area contributed by atoms with Crippen LogP contribution in [0.25, 0.3) is 0 Å². The number of carbonyl (C=O) groups excluding carboxylic acids is 2. The number of hydrogen-bond acceptors (Lipinski definition) is 5. The van der Waals surface area contributed by atoms with Crippen LogP contribution in [0, 0.1) is 5.41 Å². The van der Waals surface area contributed by atoms with Gasteiger partial charge in [0.1, 0.15) is 0 Å². The number of hydrogen-bond donors (Lipinski definition) is 4. The lowest BCUT2D eigenvalue weighted by Crippen LogP contribution is -2.44. The van der Waals surface area contributed by atoms with E-state index in [2.05, 4.69) is 15.5 Å². The van der Waals surface area contributed by atoms with Crippen LogP contribution in [-0.4, -0.2) is 39.7 Å². The Balaban J connectivity index is 1.75. The number of likely N-dealkylation sites (tertiary alicyclic amines) is 1. The van der Waals surface area contributed by atoms with Gasteiger partial charge in [-0.25, -0.2) is 0 Å². The second-order valence-corrected chi connectivity index (χ2v) is 5.98. The maximum Gasteiger partial charge on any atom is 0.313 e. The molecule has 0 spiro atoms. The van der Waals surface area contributed by atoms with Gasteiger partial charge in [-0.15, -0.1) is 0 Å². The molecule has 3 rings (SSSR count). The van der Waals surface area contributed by atoms with Gasteiger partial charge in [0.05, 0.1) is 12.2 Å². The van der Waals surface area contributed by atoms with Crippen molar-refractivity contribution in [1.29, 1.82) is 5.41 Å². The number of aromatic amines is 1. The predicted octanol–water partition coefficient (Wildman–Crippen LogP) is 1.68. The summed E-state index contributed by atoms with van der Waals surface area (Å²) in [4.78, 5) is 26.6. The molecule has 8 heteroatoms. The lowest BCUT2D eigenvalue weighted by molar-refractivity contribution is -0.145. The van der Waals surface area contributed by atoms with Crippen LogP contribution >= 0.6 is 0 Å². The Hall–Kier alpha value is -3.16. The van der Waals surface area contributed by atoms with Gasteiger partial charge >= 0.3 is 11.8 Å². The minimum absolute atomic E-state index is 0.144. The molecular weight excluding hydrogens is 320 g/mol. The molecule has 0 aliphatic carbocycles. The molecule has 0 radical (unpaired) electrons. The summed E-state index contributed by atoms with van der Waals surface area (Å²) in [5, 5.41) is 16.6. The fraction of sp³-hybridized carbons (Fsp3) is 0.294. The summed E-state index contributed by atoms with van der Waals surface area (Å²) in [6.45, 7) is 0.537. The van der Waals surface area contributed by atoms with Crippen LogP contribution in [0.2, 0.25) is 0 Å². The molecule has 1 aliphatic heterocycles. The number of benzene rings is 1. The number of nitrogens with one attached hydrogen (secondary N) is 3. The number of nitrogens with two attached hydrogens (primary N) is 1. The number of rotatable bonds is 3. The Bertz CT molecular complexity index is 786. The highest BCUT2D eigenvalue weighted by atomic mass is 16.2. The summed E-state index contributed by atoms with van der Waals surface area (Å²) in [5.41, 5.74) is 7.99. The van der Waals surface area contributed by atoms with E-state index in [1.54, 1.807) is 35.5 Å². The van der Waals surface area contributed by atoms with Crippen LogP contribution in [0.1, 0.15) is 36.4 Å². The van der Waals surface area contributed by atoms with Crippen LogP contribution < -0.4 is 11.1 Å². The van der Waals surface area contributed by atoms with Crippen LogP contribution in [0.5, 0.6) is 0 Å². The third kappa shape index (κ3) is 3.52.